The number of nitrogens with two attached hydrogens (primary N) is 1. The molecule has 1 aromatic rings. The van der Waals surface area contributed by atoms with Crippen LogP contribution in [0.25, 0.3) is 0 Å². The predicted molar refractivity (Wildman–Crippen MR) is 57.5 cm³/mol. The van der Waals surface area contributed by atoms with Crippen LogP contribution in [0.4, 0.5) is 10.2 Å². The summed E-state index contributed by atoms with van der Waals surface area (Å²) >= 11 is 0. The molecule has 1 aliphatic rings. The first-order valence-electron chi connectivity index (χ1n) is 5.05. The molecule has 0 aromatic carbocycles. The molecule has 2 heterocycles. The maximum Gasteiger partial charge on any atom is 0.257 e. The third kappa shape index (κ3) is 2.17. The van der Waals surface area contributed by atoms with Crippen molar-refractivity contribution in [2.24, 2.45) is 0 Å². The minimum Gasteiger partial charge on any atom is -0.381 e. The van der Waals surface area contributed by atoms with Crippen LogP contribution in [0.5, 0.6) is 0 Å². The number of nitrogen functional groups attached to an aromatic ring is 1. The monoisotopic (exact) mass is 238 g/mol. The second-order valence-corrected chi connectivity index (χ2v) is 3.63. The molecule has 0 radical (unpaired) electrons. The zero-order valence-corrected chi connectivity index (χ0v) is 8.94. The van der Waals surface area contributed by atoms with E-state index in [0.29, 0.717) is 13.1 Å². The maximum atomic E-state index is 13.6. The van der Waals surface area contributed by atoms with Gasteiger partial charge in [0.05, 0.1) is 12.1 Å². The Kier molecular flexibility index (Phi) is 2.90. The fraction of sp³-hybridized carbons (Fsp3) is 0.300. The minimum absolute atomic E-state index is 0.0689. The highest BCUT2D eigenvalue weighted by Gasteiger charge is 2.25. The molecule has 0 saturated carbocycles. The lowest BCUT2D eigenvalue weighted by molar-refractivity contribution is -0.123. The van der Waals surface area contributed by atoms with Gasteiger partial charge in [0, 0.05) is 19.3 Å². The summed E-state index contributed by atoms with van der Waals surface area (Å²) in [6.07, 6.45) is 1.26. The summed E-state index contributed by atoms with van der Waals surface area (Å²) in [7, 11) is 0. The smallest absolute Gasteiger partial charge is 0.257 e. The van der Waals surface area contributed by atoms with Gasteiger partial charge in [-0.25, -0.2) is 9.37 Å². The van der Waals surface area contributed by atoms with Gasteiger partial charge in [0.15, 0.2) is 11.6 Å². The van der Waals surface area contributed by atoms with Crippen molar-refractivity contribution in [2.45, 2.75) is 0 Å². The number of piperazine rings is 1. The fourth-order valence-electron chi connectivity index (χ4n) is 1.61. The number of rotatable bonds is 1. The molecule has 3 N–H and O–H groups in total. The first-order valence-corrected chi connectivity index (χ1v) is 5.05. The van der Waals surface area contributed by atoms with Crippen molar-refractivity contribution in [3.8, 4) is 0 Å². The molecule has 90 valence electrons. The summed E-state index contributed by atoms with van der Waals surface area (Å²) in [6.45, 7) is 0.652. The number of carbonyl (C=O) groups is 2. The number of halogens is 1. The van der Waals surface area contributed by atoms with Gasteiger partial charge >= 0.3 is 0 Å². The summed E-state index contributed by atoms with van der Waals surface area (Å²) in [5.41, 5.74) is 5.12. The fourth-order valence-corrected chi connectivity index (χ4v) is 1.61. The van der Waals surface area contributed by atoms with E-state index in [-0.39, 0.29) is 23.8 Å². The van der Waals surface area contributed by atoms with Crippen LogP contribution < -0.4 is 11.1 Å². The van der Waals surface area contributed by atoms with Crippen LogP contribution in [0, 0.1) is 5.82 Å². The largest absolute Gasteiger partial charge is 0.381 e. The second-order valence-electron chi connectivity index (χ2n) is 3.63. The molecule has 7 heteroatoms. The van der Waals surface area contributed by atoms with E-state index in [1.165, 1.54) is 17.2 Å². The predicted octanol–water partition coefficient (Wildman–Crippen LogP) is -0.625. The molecule has 1 fully saturated rings. The van der Waals surface area contributed by atoms with Crippen molar-refractivity contribution in [2.75, 3.05) is 25.4 Å². The van der Waals surface area contributed by atoms with Crippen LogP contribution in [-0.2, 0) is 4.79 Å². The van der Waals surface area contributed by atoms with Gasteiger partial charge in [-0.2, -0.15) is 0 Å². The minimum atomic E-state index is -0.844. The summed E-state index contributed by atoms with van der Waals surface area (Å²) in [4.78, 5) is 27.9. The van der Waals surface area contributed by atoms with E-state index in [9.17, 15) is 14.0 Å². The highest BCUT2D eigenvalue weighted by Crippen LogP contribution is 2.14. The Balaban J connectivity index is 2.24. The molecule has 17 heavy (non-hydrogen) atoms. The molecular weight excluding hydrogens is 227 g/mol. The Morgan fingerprint density at radius 1 is 1.59 bits per heavy atom. The molecule has 0 unspecified atom stereocenters. The Bertz CT molecular complexity index is 477. The van der Waals surface area contributed by atoms with E-state index in [1.807, 2.05) is 0 Å². The lowest BCUT2D eigenvalue weighted by atomic mass is 10.2. The SMILES string of the molecule is Nc1nccc(C(=O)N2CCNC(=O)C2)c1F. The van der Waals surface area contributed by atoms with Crippen molar-refractivity contribution in [1.82, 2.24) is 15.2 Å². The van der Waals surface area contributed by atoms with Crippen molar-refractivity contribution in [3.05, 3.63) is 23.6 Å². The topological polar surface area (TPSA) is 88.3 Å². The number of carbonyl (C=O) groups excluding carboxylic acids is 2. The zero-order valence-electron chi connectivity index (χ0n) is 8.94. The van der Waals surface area contributed by atoms with Crippen LogP contribution >= 0.6 is 0 Å². The van der Waals surface area contributed by atoms with Gasteiger partial charge in [-0.15, -0.1) is 0 Å². The Morgan fingerprint density at radius 3 is 3.06 bits per heavy atom. The molecule has 6 nitrogen and oxygen atoms in total. The molecule has 0 aliphatic carbocycles. The number of anilines is 1. The molecule has 1 saturated heterocycles. The van der Waals surface area contributed by atoms with Crippen LogP contribution in [0.2, 0.25) is 0 Å². The number of aromatic nitrogens is 1. The van der Waals surface area contributed by atoms with Crippen molar-refractivity contribution >= 4 is 17.6 Å². The molecule has 1 aromatic heterocycles. The van der Waals surface area contributed by atoms with Crippen molar-refractivity contribution < 1.29 is 14.0 Å². The highest BCUT2D eigenvalue weighted by atomic mass is 19.1. The van der Waals surface area contributed by atoms with Gasteiger partial charge in [-0.1, -0.05) is 0 Å². The molecule has 2 rings (SSSR count). The Morgan fingerprint density at radius 2 is 2.35 bits per heavy atom. The van der Waals surface area contributed by atoms with Gasteiger partial charge in [-0.05, 0) is 6.07 Å². The molecule has 0 atom stereocenters. The van der Waals surface area contributed by atoms with Gasteiger partial charge in [0.1, 0.15) is 0 Å². The van der Waals surface area contributed by atoms with Crippen molar-refractivity contribution in [3.63, 3.8) is 0 Å². The van der Waals surface area contributed by atoms with Crippen LogP contribution in [-0.4, -0.2) is 41.3 Å². The summed E-state index contributed by atoms with van der Waals surface area (Å²) < 4.78 is 13.6. The average molecular weight is 238 g/mol. The molecule has 0 spiro atoms. The number of nitrogens with zero attached hydrogens (tertiary/aromatic N) is 2. The summed E-state index contributed by atoms with van der Waals surface area (Å²) in [5.74, 6) is -1.97. The van der Waals surface area contributed by atoms with Gasteiger partial charge < -0.3 is 16.0 Å². The van der Waals surface area contributed by atoms with Crippen molar-refractivity contribution in [1.29, 1.82) is 0 Å². The van der Waals surface area contributed by atoms with E-state index >= 15 is 0 Å². The average Bonchev–Trinajstić information content (AvgIpc) is 2.32. The lowest BCUT2D eigenvalue weighted by Crippen LogP contribution is -2.50. The van der Waals surface area contributed by atoms with Crippen LogP contribution in [0.15, 0.2) is 12.3 Å². The molecule has 1 aliphatic heterocycles. The second kappa shape index (κ2) is 4.36. The number of amides is 2. The maximum absolute atomic E-state index is 13.6. The molecular formula is C10H11FN4O2. The zero-order chi connectivity index (χ0) is 12.4. The van der Waals surface area contributed by atoms with E-state index < -0.39 is 11.7 Å². The van der Waals surface area contributed by atoms with Gasteiger partial charge in [0.2, 0.25) is 5.91 Å². The third-order valence-electron chi connectivity index (χ3n) is 2.47. The number of hydrogen-bond donors (Lipinski definition) is 2. The lowest BCUT2D eigenvalue weighted by Gasteiger charge is -2.26. The molecule has 2 amide bonds. The number of nitrogens with one attached hydrogen (secondary N) is 1. The van der Waals surface area contributed by atoms with E-state index in [4.69, 9.17) is 5.73 Å². The van der Waals surface area contributed by atoms with E-state index in [2.05, 4.69) is 10.3 Å². The number of hydrogen-bond acceptors (Lipinski definition) is 4. The normalized spacial score (nSPS) is 15.6. The van der Waals surface area contributed by atoms with E-state index in [0.717, 1.165) is 0 Å². The quantitative estimate of drug-likeness (QED) is 0.682. The first-order chi connectivity index (χ1) is 8.09. The van der Waals surface area contributed by atoms with Gasteiger partial charge in [-0.3, -0.25) is 9.59 Å². The Labute approximate surface area is 96.6 Å². The third-order valence-corrected chi connectivity index (χ3v) is 2.47. The summed E-state index contributed by atoms with van der Waals surface area (Å²) in [5, 5.41) is 2.58. The highest BCUT2D eigenvalue weighted by molar-refractivity contribution is 5.97. The number of pyridine rings is 1. The Hall–Kier alpha value is -2.18. The summed E-state index contributed by atoms with van der Waals surface area (Å²) in [6, 6.07) is 1.25. The van der Waals surface area contributed by atoms with Crippen LogP contribution in [0.1, 0.15) is 10.4 Å². The first kappa shape index (κ1) is 11.3. The standard InChI is InChI=1S/C10H11FN4O2/c11-8-6(1-2-14-9(8)12)10(17)15-4-3-13-7(16)5-15/h1-2H,3-5H2,(H2,12,14)(H,13,16). The molecule has 0 bridgehead atoms. The van der Waals surface area contributed by atoms with E-state index in [1.54, 1.807) is 0 Å². The van der Waals surface area contributed by atoms with Gasteiger partial charge in [0.25, 0.3) is 5.91 Å². The van der Waals surface area contributed by atoms with Crippen LogP contribution in [0.3, 0.4) is 0 Å².